The molecule has 0 aliphatic carbocycles. The normalized spacial score (nSPS) is 11.4. The number of methoxy groups -OCH3 is 2. The van der Waals surface area contributed by atoms with E-state index in [1.807, 2.05) is 0 Å². The van der Waals surface area contributed by atoms with Crippen molar-refractivity contribution >= 4 is 5.97 Å². The SMILES string of the molecule is COC(=O)Cc1cc(OC(F)(F)F)c(C(F)F)c(OC)n1. The summed E-state index contributed by atoms with van der Waals surface area (Å²) in [6.07, 6.45) is -9.01. The quantitative estimate of drug-likeness (QED) is 0.617. The van der Waals surface area contributed by atoms with Crippen LogP contribution >= 0.6 is 0 Å². The Bertz CT molecular complexity index is 518. The van der Waals surface area contributed by atoms with Gasteiger partial charge in [-0.25, -0.2) is 13.8 Å². The fraction of sp³-hybridized carbons (Fsp3) is 0.455. The standard InChI is InChI=1S/C11H10F5NO4/c1-19-7(18)4-5-3-6(21-11(14,15)16)8(9(12)13)10(17-5)20-2/h3,9H,4H2,1-2H3. The lowest BCUT2D eigenvalue weighted by Crippen LogP contribution is -2.19. The molecule has 0 fully saturated rings. The summed E-state index contributed by atoms with van der Waals surface area (Å²) < 4.78 is 74.9. The van der Waals surface area contributed by atoms with E-state index in [4.69, 9.17) is 0 Å². The number of alkyl halides is 5. The summed E-state index contributed by atoms with van der Waals surface area (Å²) in [4.78, 5) is 14.6. The van der Waals surface area contributed by atoms with Crippen molar-refractivity contribution in [2.45, 2.75) is 19.2 Å². The lowest BCUT2D eigenvalue weighted by atomic mass is 10.2. The molecule has 0 atom stereocenters. The average molecular weight is 315 g/mol. The molecule has 1 aromatic heterocycles. The van der Waals surface area contributed by atoms with Gasteiger partial charge in [0.05, 0.1) is 26.3 Å². The lowest BCUT2D eigenvalue weighted by Gasteiger charge is -2.16. The molecule has 0 saturated carbocycles. The molecule has 0 radical (unpaired) electrons. The molecule has 0 amide bonds. The van der Waals surface area contributed by atoms with Gasteiger partial charge in [0, 0.05) is 6.07 Å². The van der Waals surface area contributed by atoms with Crippen LogP contribution in [0.4, 0.5) is 22.0 Å². The Kier molecular flexibility index (Phi) is 5.28. The van der Waals surface area contributed by atoms with Crippen molar-refractivity contribution in [2.24, 2.45) is 0 Å². The first-order valence-electron chi connectivity index (χ1n) is 5.36. The Morgan fingerprint density at radius 2 is 1.95 bits per heavy atom. The second-order valence-electron chi connectivity index (χ2n) is 3.64. The highest BCUT2D eigenvalue weighted by Gasteiger charge is 2.35. The van der Waals surface area contributed by atoms with Crippen LogP contribution in [-0.2, 0) is 16.0 Å². The summed E-state index contributed by atoms with van der Waals surface area (Å²) in [5.74, 6) is -2.75. The summed E-state index contributed by atoms with van der Waals surface area (Å²) in [5, 5.41) is 0. The van der Waals surface area contributed by atoms with E-state index in [9.17, 15) is 26.7 Å². The number of nitrogens with zero attached hydrogens (tertiary/aromatic N) is 1. The molecule has 0 aromatic carbocycles. The molecule has 0 unspecified atom stereocenters. The molecule has 1 rings (SSSR count). The summed E-state index contributed by atoms with van der Waals surface area (Å²) in [6, 6.07) is 0.592. The maximum Gasteiger partial charge on any atom is 0.573 e. The molecule has 0 aliphatic rings. The van der Waals surface area contributed by atoms with Crippen LogP contribution < -0.4 is 9.47 Å². The van der Waals surface area contributed by atoms with Crippen molar-refractivity contribution in [3.8, 4) is 11.6 Å². The predicted octanol–water partition coefficient (Wildman–Crippen LogP) is 2.64. The van der Waals surface area contributed by atoms with Crippen LogP contribution in [0.3, 0.4) is 0 Å². The second-order valence-corrected chi connectivity index (χ2v) is 3.64. The first kappa shape index (κ1) is 16.9. The third-order valence-corrected chi connectivity index (χ3v) is 2.23. The Morgan fingerprint density at radius 1 is 1.33 bits per heavy atom. The van der Waals surface area contributed by atoms with Crippen molar-refractivity contribution in [3.63, 3.8) is 0 Å². The van der Waals surface area contributed by atoms with Crippen LogP contribution in [0.25, 0.3) is 0 Å². The van der Waals surface area contributed by atoms with Gasteiger partial charge >= 0.3 is 12.3 Å². The maximum atomic E-state index is 12.9. The Balaban J connectivity index is 3.33. The van der Waals surface area contributed by atoms with Crippen molar-refractivity contribution < 1.29 is 41.0 Å². The summed E-state index contributed by atoms with van der Waals surface area (Å²) >= 11 is 0. The molecule has 0 aliphatic heterocycles. The van der Waals surface area contributed by atoms with E-state index in [2.05, 4.69) is 19.2 Å². The molecule has 21 heavy (non-hydrogen) atoms. The van der Waals surface area contributed by atoms with Crippen molar-refractivity contribution in [1.29, 1.82) is 0 Å². The van der Waals surface area contributed by atoms with E-state index >= 15 is 0 Å². The first-order chi connectivity index (χ1) is 9.67. The number of aromatic nitrogens is 1. The first-order valence-corrected chi connectivity index (χ1v) is 5.36. The zero-order valence-corrected chi connectivity index (χ0v) is 10.8. The number of pyridine rings is 1. The van der Waals surface area contributed by atoms with Gasteiger partial charge in [0.25, 0.3) is 6.43 Å². The minimum Gasteiger partial charge on any atom is -0.481 e. The number of hydrogen-bond donors (Lipinski definition) is 0. The minimum atomic E-state index is -5.18. The number of rotatable bonds is 5. The number of hydrogen-bond acceptors (Lipinski definition) is 5. The molecular formula is C11H10F5NO4. The molecular weight excluding hydrogens is 305 g/mol. The van der Waals surface area contributed by atoms with Gasteiger partial charge in [-0.2, -0.15) is 0 Å². The highest BCUT2D eigenvalue weighted by Crippen LogP contribution is 2.38. The molecule has 10 heteroatoms. The summed E-state index contributed by atoms with van der Waals surface area (Å²) in [7, 11) is 2.01. The number of ether oxygens (including phenoxy) is 3. The molecule has 0 bridgehead atoms. The van der Waals surface area contributed by atoms with E-state index < -0.39 is 42.4 Å². The summed E-state index contributed by atoms with van der Waals surface area (Å²) in [6.45, 7) is 0. The van der Waals surface area contributed by atoms with Crippen LogP contribution in [0.15, 0.2) is 6.07 Å². The van der Waals surface area contributed by atoms with Gasteiger partial charge in [0.2, 0.25) is 5.88 Å². The fourth-order valence-electron chi connectivity index (χ4n) is 1.43. The van der Waals surface area contributed by atoms with Crippen molar-refractivity contribution in [3.05, 3.63) is 17.3 Å². The third kappa shape index (κ3) is 4.72. The average Bonchev–Trinajstić information content (AvgIpc) is 2.35. The van der Waals surface area contributed by atoms with Gasteiger partial charge in [0.1, 0.15) is 11.3 Å². The number of esters is 1. The van der Waals surface area contributed by atoms with Crippen molar-refractivity contribution in [1.82, 2.24) is 4.98 Å². The monoisotopic (exact) mass is 315 g/mol. The number of carbonyl (C=O) groups excluding carboxylic acids is 1. The van der Waals surface area contributed by atoms with E-state index in [0.717, 1.165) is 14.2 Å². The van der Waals surface area contributed by atoms with E-state index in [0.29, 0.717) is 6.07 Å². The van der Waals surface area contributed by atoms with Gasteiger partial charge in [-0.05, 0) is 0 Å². The second kappa shape index (κ2) is 6.55. The third-order valence-electron chi connectivity index (χ3n) is 2.23. The van der Waals surface area contributed by atoms with Gasteiger partial charge in [-0.1, -0.05) is 0 Å². The number of halogens is 5. The molecule has 0 saturated heterocycles. The smallest absolute Gasteiger partial charge is 0.481 e. The predicted molar refractivity (Wildman–Crippen MR) is 58.1 cm³/mol. The highest BCUT2D eigenvalue weighted by molar-refractivity contribution is 5.72. The fourth-order valence-corrected chi connectivity index (χ4v) is 1.43. The van der Waals surface area contributed by atoms with Crippen LogP contribution in [0.1, 0.15) is 17.7 Å². The van der Waals surface area contributed by atoms with E-state index in [1.165, 1.54) is 0 Å². The van der Waals surface area contributed by atoms with E-state index in [1.54, 1.807) is 0 Å². The molecule has 1 aromatic rings. The molecule has 1 heterocycles. The molecule has 5 nitrogen and oxygen atoms in total. The Morgan fingerprint density at radius 3 is 2.38 bits per heavy atom. The molecule has 0 N–H and O–H groups in total. The molecule has 118 valence electrons. The van der Waals surface area contributed by atoms with Gasteiger partial charge in [-0.3, -0.25) is 4.79 Å². The zero-order chi connectivity index (χ0) is 16.2. The van der Waals surface area contributed by atoms with Gasteiger partial charge in [-0.15, -0.1) is 13.2 Å². The maximum absolute atomic E-state index is 12.9. The zero-order valence-electron chi connectivity index (χ0n) is 10.8. The van der Waals surface area contributed by atoms with Gasteiger partial charge < -0.3 is 14.2 Å². The minimum absolute atomic E-state index is 0.262. The Hall–Kier alpha value is -2.13. The van der Waals surface area contributed by atoms with Crippen LogP contribution in [-0.4, -0.2) is 31.5 Å². The summed E-state index contributed by atoms with van der Waals surface area (Å²) in [5.41, 5.74) is -1.41. The van der Waals surface area contributed by atoms with Crippen LogP contribution in [0, 0.1) is 0 Å². The van der Waals surface area contributed by atoms with Crippen LogP contribution in [0.5, 0.6) is 11.6 Å². The molecule has 0 spiro atoms. The van der Waals surface area contributed by atoms with Crippen LogP contribution in [0.2, 0.25) is 0 Å². The highest BCUT2D eigenvalue weighted by atomic mass is 19.4. The van der Waals surface area contributed by atoms with Crippen molar-refractivity contribution in [2.75, 3.05) is 14.2 Å². The lowest BCUT2D eigenvalue weighted by molar-refractivity contribution is -0.275. The number of carbonyl (C=O) groups is 1. The Labute approximate surface area is 115 Å². The largest absolute Gasteiger partial charge is 0.573 e. The topological polar surface area (TPSA) is 57.7 Å². The van der Waals surface area contributed by atoms with E-state index in [-0.39, 0.29) is 5.69 Å². The van der Waals surface area contributed by atoms with Gasteiger partial charge in [0.15, 0.2) is 0 Å².